The molecule has 0 bridgehead atoms. The summed E-state index contributed by atoms with van der Waals surface area (Å²) in [6, 6.07) is 17.0. The third kappa shape index (κ3) is 5.15. The quantitative estimate of drug-likeness (QED) is 0.837. The highest BCUT2D eigenvalue weighted by atomic mass is 16.5. The Morgan fingerprint density at radius 2 is 1.71 bits per heavy atom. The van der Waals surface area contributed by atoms with Crippen molar-refractivity contribution in [3.63, 3.8) is 0 Å². The Hall–Kier alpha value is -2.55. The highest BCUT2D eigenvalue weighted by Gasteiger charge is 2.00. The summed E-state index contributed by atoms with van der Waals surface area (Å²) in [4.78, 5) is 11.8. The van der Waals surface area contributed by atoms with Crippen LogP contribution < -0.4 is 10.1 Å². The molecule has 3 heteroatoms. The number of nitrogens with one attached hydrogen (secondary N) is 1. The average molecular weight is 281 g/mol. The van der Waals surface area contributed by atoms with Gasteiger partial charge in [0.1, 0.15) is 5.75 Å². The molecule has 3 nitrogen and oxygen atoms in total. The molecular formula is C18H19NO2. The van der Waals surface area contributed by atoms with Crippen LogP contribution in [-0.4, -0.2) is 12.0 Å². The predicted octanol–water partition coefficient (Wildman–Crippen LogP) is 4.13. The van der Waals surface area contributed by atoms with Crippen LogP contribution in [0.4, 0.5) is 5.69 Å². The second kappa shape index (κ2) is 7.29. The molecule has 0 aliphatic heterocycles. The number of amides is 1. The summed E-state index contributed by atoms with van der Waals surface area (Å²) in [5.41, 5.74) is 1.74. The second-order valence-electron chi connectivity index (χ2n) is 4.92. The monoisotopic (exact) mass is 281 g/mol. The molecular weight excluding hydrogens is 262 g/mol. The molecule has 0 saturated carbocycles. The lowest BCUT2D eigenvalue weighted by Crippen LogP contribution is -2.08. The van der Waals surface area contributed by atoms with Crippen molar-refractivity contribution in [3.05, 3.63) is 66.2 Å². The van der Waals surface area contributed by atoms with E-state index in [0.717, 1.165) is 17.0 Å². The smallest absolute Gasteiger partial charge is 0.248 e. The maximum atomic E-state index is 11.8. The van der Waals surface area contributed by atoms with Gasteiger partial charge in [0.2, 0.25) is 5.91 Å². The number of hydrogen-bond donors (Lipinski definition) is 1. The van der Waals surface area contributed by atoms with Crippen molar-refractivity contribution in [2.45, 2.75) is 20.0 Å². The summed E-state index contributed by atoms with van der Waals surface area (Å²) in [6.45, 7) is 3.95. The van der Waals surface area contributed by atoms with Gasteiger partial charge in [-0.15, -0.1) is 0 Å². The van der Waals surface area contributed by atoms with Gasteiger partial charge in [0, 0.05) is 11.8 Å². The van der Waals surface area contributed by atoms with Gasteiger partial charge in [-0.1, -0.05) is 30.3 Å². The highest BCUT2D eigenvalue weighted by molar-refractivity contribution is 6.01. The van der Waals surface area contributed by atoms with E-state index in [1.807, 2.05) is 68.4 Å². The Bertz CT molecular complexity index is 601. The number of anilines is 1. The van der Waals surface area contributed by atoms with Crippen LogP contribution in [0.1, 0.15) is 19.4 Å². The van der Waals surface area contributed by atoms with Gasteiger partial charge in [0.25, 0.3) is 0 Å². The molecule has 0 atom stereocenters. The van der Waals surface area contributed by atoms with Crippen molar-refractivity contribution in [1.82, 2.24) is 0 Å². The largest absolute Gasteiger partial charge is 0.491 e. The Kier molecular flexibility index (Phi) is 5.16. The van der Waals surface area contributed by atoms with Gasteiger partial charge in [-0.25, -0.2) is 0 Å². The van der Waals surface area contributed by atoms with E-state index in [1.54, 1.807) is 6.08 Å². The summed E-state index contributed by atoms with van der Waals surface area (Å²) in [5.74, 6) is 0.638. The van der Waals surface area contributed by atoms with Gasteiger partial charge in [-0.2, -0.15) is 0 Å². The summed E-state index contributed by atoms with van der Waals surface area (Å²) in [7, 11) is 0. The molecule has 2 rings (SSSR count). The Morgan fingerprint density at radius 1 is 1.05 bits per heavy atom. The first-order valence-corrected chi connectivity index (χ1v) is 6.94. The molecule has 0 aliphatic rings. The van der Waals surface area contributed by atoms with E-state index in [4.69, 9.17) is 4.74 Å². The zero-order valence-electron chi connectivity index (χ0n) is 12.2. The summed E-state index contributed by atoms with van der Waals surface area (Å²) in [6.07, 6.45) is 3.44. The minimum atomic E-state index is -0.156. The second-order valence-corrected chi connectivity index (χ2v) is 4.92. The SMILES string of the molecule is CC(C)Oc1ccc(NC(=O)/C=C/c2ccccc2)cc1. The number of hydrogen-bond acceptors (Lipinski definition) is 2. The van der Waals surface area contributed by atoms with Crippen LogP contribution in [0.2, 0.25) is 0 Å². The molecule has 0 spiro atoms. The molecule has 2 aromatic rings. The third-order valence-corrected chi connectivity index (χ3v) is 2.72. The van der Waals surface area contributed by atoms with E-state index >= 15 is 0 Å². The number of benzene rings is 2. The first-order chi connectivity index (χ1) is 10.1. The maximum Gasteiger partial charge on any atom is 0.248 e. The average Bonchev–Trinajstić information content (AvgIpc) is 2.48. The van der Waals surface area contributed by atoms with Crippen molar-refractivity contribution in [3.8, 4) is 5.75 Å². The fourth-order valence-corrected chi connectivity index (χ4v) is 1.81. The molecule has 0 unspecified atom stereocenters. The molecule has 108 valence electrons. The first kappa shape index (κ1) is 14.9. The molecule has 1 N–H and O–H groups in total. The van der Waals surface area contributed by atoms with E-state index in [9.17, 15) is 4.79 Å². The topological polar surface area (TPSA) is 38.3 Å². The lowest BCUT2D eigenvalue weighted by Gasteiger charge is -2.10. The normalized spacial score (nSPS) is 10.8. The number of rotatable bonds is 5. The van der Waals surface area contributed by atoms with E-state index in [-0.39, 0.29) is 12.0 Å². The Balaban J connectivity index is 1.92. The van der Waals surface area contributed by atoms with Gasteiger partial charge in [0.05, 0.1) is 6.10 Å². The molecule has 1 amide bonds. The number of ether oxygens (including phenoxy) is 1. The van der Waals surface area contributed by atoms with Gasteiger partial charge in [-0.3, -0.25) is 4.79 Å². The van der Waals surface area contributed by atoms with Gasteiger partial charge >= 0.3 is 0 Å². The summed E-state index contributed by atoms with van der Waals surface area (Å²) < 4.78 is 5.55. The van der Waals surface area contributed by atoms with Crippen molar-refractivity contribution in [2.75, 3.05) is 5.32 Å². The lowest BCUT2D eigenvalue weighted by molar-refractivity contribution is -0.111. The number of carbonyl (C=O) groups excluding carboxylic acids is 1. The fourth-order valence-electron chi connectivity index (χ4n) is 1.81. The van der Waals surface area contributed by atoms with Crippen molar-refractivity contribution in [1.29, 1.82) is 0 Å². The van der Waals surface area contributed by atoms with Crippen LogP contribution >= 0.6 is 0 Å². The molecule has 0 aromatic heterocycles. The predicted molar refractivity (Wildman–Crippen MR) is 86.3 cm³/mol. The standard InChI is InChI=1S/C18H19NO2/c1-14(2)21-17-11-9-16(10-12-17)19-18(20)13-8-15-6-4-3-5-7-15/h3-14H,1-2H3,(H,19,20)/b13-8+. The highest BCUT2D eigenvalue weighted by Crippen LogP contribution is 2.17. The molecule has 0 aliphatic carbocycles. The zero-order valence-corrected chi connectivity index (χ0v) is 12.2. The fraction of sp³-hybridized carbons (Fsp3) is 0.167. The minimum absolute atomic E-state index is 0.138. The van der Waals surface area contributed by atoms with Crippen LogP contribution in [0.5, 0.6) is 5.75 Å². The van der Waals surface area contributed by atoms with E-state index in [0.29, 0.717) is 0 Å². The zero-order chi connectivity index (χ0) is 15.1. The van der Waals surface area contributed by atoms with Gasteiger partial charge in [-0.05, 0) is 49.8 Å². The van der Waals surface area contributed by atoms with E-state index in [1.165, 1.54) is 6.08 Å². The van der Waals surface area contributed by atoms with Crippen LogP contribution in [0.3, 0.4) is 0 Å². The molecule has 0 saturated heterocycles. The van der Waals surface area contributed by atoms with Crippen molar-refractivity contribution in [2.24, 2.45) is 0 Å². The third-order valence-electron chi connectivity index (χ3n) is 2.72. The number of carbonyl (C=O) groups is 1. The van der Waals surface area contributed by atoms with E-state index < -0.39 is 0 Å². The Labute approximate surface area is 125 Å². The first-order valence-electron chi connectivity index (χ1n) is 6.94. The maximum absolute atomic E-state index is 11.8. The summed E-state index contributed by atoms with van der Waals surface area (Å²) >= 11 is 0. The van der Waals surface area contributed by atoms with E-state index in [2.05, 4.69) is 5.32 Å². The van der Waals surface area contributed by atoms with Gasteiger partial charge in [0.15, 0.2) is 0 Å². The van der Waals surface area contributed by atoms with Crippen LogP contribution in [-0.2, 0) is 4.79 Å². The molecule has 0 fully saturated rings. The van der Waals surface area contributed by atoms with Crippen LogP contribution in [0.25, 0.3) is 6.08 Å². The van der Waals surface area contributed by atoms with Crippen LogP contribution in [0, 0.1) is 0 Å². The Morgan fingerprint density at radius 3 is 2.33 bits per heavy atom. The van der Waals surface area contributed by atoms with Crippen molar-refractivity contribution < 1.29 is 9.53 Å². The molecule has 0 heterocycles. The minimum Gasteiger partial charge on any atom is -0.491 e. The van der Waals surface area contributed by atoms with Crippen molar-refractivity contribution >= 4 is 17.7 Å². The molecule has 21 heavy (non-hydrogen) atoms. The summed E-state index contributed by atoms with van der Waals surface area (Å²) in [5, 5.41) is 2.81. The van der Waals surface area contributed by atoms with Gasteiger partial charge < -0.3 is 10.1 Å². The van der Waals surface area contributed by atoms with Crippen LogP contribution in [0.15, 0.2) is 60.7 Å². The molecule has 2 aromatic carbocycles. The lowest BCUT2D eigenvalue weighted by atomic mass is 10.2. The molecule has 0 radical (unpaired) electrons.